The molecule has 2 aromatic heterocycles. The molecular weight excluding hydrogens is 334 g/mol. The van der Waals surface area contributed by atoms with E-state index in [4.69, 9.17) is 0 Å². The predicted octanol–water partition coefficient (Wildman–Crippen LogP) is 2.48. The minimum atomic E-state index is 0.0922. The third-order valence-corrected chi connectivity index (χ3v) is 6.08. The van der Waals surface area contributed by atoms with Gasteiger partial charge in [-0.3, -0.25) is 9.48 Å². The van der Waals surface area contributed by atoms with Gasteiger partial charge >= 0.3 is 0 Å². The number of nitrogens with zero attached hydrogens (tertiary/aromatic N) is 4. The second-order valence-corrected chi connectivity index (χ2v) is 8.99. The van der Waals surface area contributed by atoms with Gasteiger partial charge in [0, 0.05) is 67.8 Å². The highest BCUT2D eigenvalue weighted by Gasteiger charge is 2.38. The van der Waals surface area contributed by atoms with Crippen molar-refractivity contribution in [1.82, 2.24) is 25.0 Å². The van der Waals surface area contributed by atoms with E-state index in [-0.39, 0.29) is 23.3 Å². The van der Waals surface area contributed by atoms with Crippen molar-refractivity contribution < 1.29 is 4.79 Å². The highest BCUT2D eigenvalue weighted by Crippen LogP contribution is 2.36. The summed E-state index contributed by atoms with van der Waals surface area (Å²) in [5, 5.41) is 8.94. The molecule has 1 aliphatic heterocycles. The standard InChI is InChI=1S/C18H27N5OS/c1-18(2,3)17-20-10-14(25-17)9-19-7-12-6-15(24)23(5)16(12)13-8-21-22(4)11-13/h8,10-12,16,19H,6-7,9H2,1-5H3/t12-,16+/m0/s1. The highest BCUT2D eigenvalue weighted by atomic mass is 32.1. The Morgan fingerprint density at radius 3 is 2.68 bits per heavy atom. The average Bonchev–Trinajstić information content (AvgIpc) is 3.21. The van der Waals surface area contributed by atoms with Crippen LogP contribution in [0.15, 0.2) is 18.6 Å². The van der Waals surface area contributed by atoms with Crippen LogP contribution in [-0.4, -0.2) is 39.2 Å². The number of hydrogen-bond donors (Lipinski definition) is 1. The van der Waals surface area contributed by atoms with Crippen LogP contribution in [0.5, 0.6) is 0 Å². The monoisotopic (exact) mass is 361 g/mol. The second-order valence-electron chi connectivity index (χ2n) is 7.87. The van der Waals surface area contributed by atoms with Crippen LogP contribution in [-0.2, 0) is 23.8 Å². The van der Waals surface area contributed by atoms with E-state index in [0.29, 0.717) is 6.42 Å². The first-order chi connectivity index (χ1) is 11.8. The van der Waals surface area contributed by atoms with E-state index in [1.807, 2.05) is 37.6 Å². The number of aromatic nitrogens is 3. The molecule has 1 amide bonds. The number of thiazole rings is 1. The Morgan fingerprint density at radius 2 is 2.08 bits per heavy atom. The Labute approximate surface area is 153 Å². The van der Waals surface area contributed by atoms with Gasteiger partial charge in [-0.1, -0.05) is 20.8 Å². The maximum atomic E-state index is 12.2. The molecule has 1 aliphatic rings. The third kappa shape index (κ3) is 3.93. The van der Waals surface area contributed by atoms with E-state index in [0.717, 1.165) is 23.7 Å². The molecule has 3 heterocycles. The lowest BCUT2D eigenvalue weighted by Crippen LogP contribution is -2.28. The van der Waals surface area contributed by atoms with Crippen molar-refractivity contribution in [3.05, 3.63) is 34.0 Å². The van der Waals surface area contributed by atoms with Crippen LogP contribution in [0.3, 0.4) is 0 Å². The Kier molecular flexibility index (Phi) is 4.97. The number of hydrogen-bond acceptors (Lipinski definition) is 5. The molecule has 1 fully saturated rings. The summed E-state index contributed by atoms with van der Waals surface area (Å²) >= 11 is 1.76. The molecule has 0 bridgehead atoms. The molecule has 2 aromatic rings. The molecule has 6 nitrogen and oxygen atoms in total. The lowest BCUT2D eigenvalue weighted by atomic mass is 9.96. The number of carbonyl (C=O) groups excluding carboxylic acids is 1. The summed E-state index contributed by atoms with van der Waals surface area (Å²) in [6, 6.07) is 0.0975. The normalized spacial score (nSPS) is 21.3. The van der Waals surface area contributed by atoms with Crippen molar-refractivity contribution in [2.45, 2.75) is 45.2 Å². The Hall–Kier alpha value is -1.73. The Bertz CT molecular complexity index is 745. The maximum Gasteiger partial charge on any atom is 0.223 e. The van der Waals surface area contributed by atoms with Crippen molar-refractivity contribution in [2.24, 2.45) is 13.0 Å². The summed E-state index contributed by atoms with van der Waals surface area (Å²) in [6.07, 6.45) is 6.42. The maximum absolute atomic E-state index is 12.2. The third-order valence-electron chi connectivity index (χ3n) is 4.66. The van der Waals surface area contributed by atoms with E-state index in [1.165, 1.54) is 4.88 Å². The molecule has 1 N–H and O–H groups in total. The molecule has 136 valence electrons. The SMILES string of the molecule is CN1C(=O)C[C@@H](CNCc2cnc(C(C)(C)C)s2)[C@@H]1c1cnn(C)c1. The summed E-state index contributed by atoms with van der Waals surface area (Å²) < 4.78 is 1.79. The molecule has 0 aliphatic carbocycles. The van der Waals surface area contributed by atoms with Crippen molar-refractivity contribution in [3.8, 4) is 0 Å². The summed E-state index contributed by atoms with van der Waals surface area (Å²) in [4.78, 5) is 19.8. The van der Waals surface area contributed by atoms with Gasteiger partial charge in [-0.05, 0) is 0 Å². The molecule has 0 spiro atoms. The second kappa shape index (κ2) is 6.88. The predicted molar refractivity (Wildman–Crippen MR) is 99.3 cm³/mol. The number of carbonyl (C=O) groups is 1. The molecule has 1 saturated heterocycles. The van der Waals surface area contributed by atoms with Gasteiger partial charge in [-0.15, -0.1) is 11.3 Å². The van der Waals surface area contributed by atoms with E-state index in [2.05, 4.69) is 36.2 Å². The first-order valence-corrected chi connectivity index (χ1v) is 9.47. The number of likely N-dealkylation sites (tertiary alicyclic amines) is 1. The van der Waals surface area contributed by atoms with Crippen molar-refractivity contribution >= 4 is 17.2 Å². The minimum Gasteiger partial charge on any atom is -0.338 e. The fourth-order valence-electron chi connectivity index (χ4n) is 3.34. The van der Waals surface area contributed by atoms with Gasteiger partial charge in [0.1, 0.15) is 0 Å². The molecule has 25 heavy (non-hydrogen) atoms. The number of amides is 1. The van der Waals surface area contributed by atoms with E-state index >= 15 is 0 Å². The molecule has 0 radical (unpaired) electrons. The summed E-state index contributed by atoms with van der Waals surface area (Å²) in [7, 11) is 3.79. The van der Waals surface area contributed by atoms with Gasteiger partial charge in [0.25, 0.3) is 0 Å². The van der Waals surface area contributed by atoms with E-state index < -0.39 is 0 Å². The molecule has 0 aromatic carbocycles. The van der Waals surface area contributed by atoms with Gasteiger partial charge in [0.05, 0.1) is 17.2 Å². The largest absolute Gasteiger partial charge is 0.338 e. The lowest BCUT2D eigenvalue weighted by molar-refractivity contribution is -0.127. The van der Waals surface area contributed by atoms with Gasteiger partial charge in [0.2, 0.25) is 5.91 Å². The molecule has 2 atom stereocenters. The minimum absolute atomic E-state index is 0.0922. The number of aryl methyl sites for hydroxylation is 1. The van der Waals surface area contributed by atoms with Crippen LogP contribution < -0.4 is 5.32 Å². The highest BCUT2D eigenvalue weighted by molar-refractivity contribution is 7.11. The number of nitrogens with one attached hydrogen (secondary N) is 1. The van der Waals surface area contributed by atoms with Gasteiger partial charge in [-0.25, -0.2) is 4.98 Å². The number of rotatable bonds is 5. The fourth-order valence-corrected chi connectivity index (χ4v) is 4.28. The topological polar surface area (TPSA) is 63.1 Å². The van der Waals surface area contributed by atoms with Crippen molar-refractivity contribution in [3.63, 3.8) is 0 Å². The van der Waals surface area contributed by atoms with Crippen molar-refractivity contribution in [1.29, 1.82) is 0 Å². The molecule has 0 unspecified atom stereocenters. The van der Waals surface area contributed by atoms with E-state index in [1.54, 1.807) is 16.0 Å². The van der Waals surface area contributed by atoms with Crippen LogP contribution in [0.4, 0.5) is 0 Å². The van der Waals surface area contributed by atoms with E-state index in [9.17, 15) is 4.79 Å². The summed E-state index contributed by atoms with van der Waals surface area (Å²) in [6.45, 7) is 8.14. The van der Waals surface area contributed by atoms with Crippen LogP contribution >= 0.6 is 11.3 Å². The van der Waals surface area contributed by atoms with Crippen LogP contribution in [0.2, 0.25) is 0 Å². The van der Waals surface area contributed by atoms with Crippen molar-refractivity contribution in [2.75, 3.05) is 13.6 Å². The molecular formula is C18H27N5OS. The zero-order valence-corrected chi connectivity index (χ0v) is 16.4. The summed E-state index contributed by atoms with van der Waals surface area (Å²) in [5.41, 5.74) is 1.20. The van der Waals surface area contributed by atoms with Crippen LogP contribution in [0, 0.1) is 5.92 Å². The fraction of sp³-hybridized carbons (Fsp3) is 0.611. The quantitative estimate of drug-likeness (QED) is 0.889. The Morgan fingerprint density at radius 1 is 1.32 bits per heavy atom. The molecule has 0 saturated carbocycles. The Balaban J connectivity index is 1.61. The smallest absolute Gasteiger partial charge is 0.223 e. The van der Waals surface area contributed by atoms with Gasteiger partial charge < -0.3 is 10.2 Å². The van der Waals surface area contributed by atoms with Crippen LogP contribution in [0.1, 0.15) is 48.7 Å². The average molecular weight is 362 g/mol. The molecule has 3 rings (SSSR count). The first kappa shape index (κ1) is 18.1. The first-order valence-electron chi connectivity index (χ1n) is 8.66. The zero-order valence-electron chi connectivity index (χ0n) is 15.6. The van der Waals surface area contributed by atoms with Crippen LogP contribution in [0.25, 0.3) is 0 Å². The van der Waals surface area contributed by atoms with Gasteiger partial charge in [-0.2, -0.15) is 5.10 Å². The zero-order chi connectivity index (χ0) is 18.2. The summed E-state index contributed by atoms with van der Waals surface area (Å²) in [5.74, 6) is 0.463. The van der Waals surface area contributed by atoms with Gasteiger partial charge in [0.15, 0.2) is 0 Å². The molecule has 7 heteroatoms. The lowest BCUT2D eigenvalue weighted by Gasteiger charge is -2.24.